The number of carbonyl (C=O) groups is 1. The van der Waals surface area contributed by atoms with E-state index < -0.39 is 17.5 Å². The minimum Gasteiger partial charge on any atom is -0.497 e. The van der Waals surface area contributed by atoms with E-state index in [0.29, 0.717) is 22.8 Å². The van der Waals surface area contributed by atoms with Crippen LogP contribution in [0.2, 0.25) is 0 Å². The zero-order valence-electron chi connectivity index (χ0n) is 16.6. The molecule has 2 aliphatic heterocycles. The van der Waals surface area contributed by atoms with Gasteiger partial charge in [-0.1, -0.05) is 42.5 Å². The van der Waals surface area contributed by atoms with Gasteiger partial charge in [-0.3, -0.25) is 0 Å². The van der Waals surface area contributed by atoms with Crippen molar-refractivity contribution in [1.82, 2.24) is 0 Å². The van der Waals surface area contributed by atoms with Gasteiger partial charge in [0, 0.05) is 17.2 Å². The van der Waals surface area contributed by atoms with Gasteiger partial charge in [-0.2, -0.15) is 0 Å². The second-order valence-electron chi connectivity index (χ2n) is 7.14. The first-order chi connectivity index (χ1) is 14.7. The van der Waals surface area contributed by atoms with Crippen molar-refractivity contribution in [3.63, 3.8) is 0 Å². The first-order valence-corrected chi connectivity index (χ1v) is 9.58. The lowest BCUT2D eigenvalue weighted by molar-refractivity contribution is -0.159. The molecule has 5 rings (SSSR count). The lowest BCUT2D eigenvalue weighted by Gasteiger charge is -2.32. The molecule has 0 saturated heterocycles. The summed E-state index contributed by atoms with van der Waals surface area (Å²) in [5.41, 5.74) is 1.04. The summed E-state index contributed by atoms with van der Waals surface area (Å²) in [6.07, 6.45) is 0. The number of carbonyl (C=O) groups excluding carboxylic acids is 1. The quantitative estimate of drug-likeness (QED) is 0.612. The molecule has 0 spiro atoms. The van der Waals surface area contributed by atoms with Crippen LogP contribution in [-0.4, -0.2) is 27.0 Å². The largest absolute Gasteiger partial charge is 0.497 e. The molecule has 0 aromatic heterocycles. The van der Waals surface area contributed by atoms with E-state index in [4.69, 9.17) is 23.7 Å². The van der Waals surface area contributed by atoms with Gasteiger partial charge in [-0.05, 0) is 23.8 Å². The van der Waals surface area contributed by atoms with E-state index in [9.17, 15) is 4.79 Å². The summed E-state index contributed by atoms with van der Waals surface area (Å²) in [4.78, 5) is 13.3. The van der Waals surface area contributed by atoms with Gasteiger partial charge in [-0.15, -0.1) is 0 Å². The van der Waals surface area contributed by atoms with Crippen molar-refractivity contribution >= 4 is 5.97 Å². The molecule has 0 amide bonds. The maximum atomic E-state index is 13.3. The van der Waals surface area contributed by atoms with Crippen LogP contribution in [0.15, 0.2) is 66.7 Å². The fourth-order valence-corrected chi connectivity index (χ4v) is 4.26. The summed E-state index contributed by atoms with van der Waals surface area (Å²) in [5, 5.41) is 0. The van der Waals surface area contributed by atoms with Crippen molar-refractivity contribution in [2.24, 2.45) is 0 Å². The Morgan fingerprint density at radius 2 is 1.63 bits per heavy atom. The van der Waals surface area contributed by atoms with E-state index in [1.54, 1.807) is 13.2 Å². The monoisotopic (exact) mass is 404 g/mol. The van der Waals surface area contributed by atoms with E-state index in [0.717, 1.165) is 16.9 Å². The van der Waals surface area contributed by atoms with Gasteiger partial charge in [-0.25, -0.2) is 4.79 Å². The molecule has 0 N–H and O–H groups in total. The van der Waals surface area contributed by atoms with Crippen LogP contribution in [0, 0.1) is 0 Å². The van der Waals surface area contributed by atoms with Crippen molar-refractivity contribution in [2.45, 2.75) is 11.5 Å². The van der Waals surface area contributed by atoms with Gasteiger partial charge in [0.05, 0.1) is 20.1 Å². The van der Waals surface area contributed by atoms with Gasteiger partial charge in [0.15, 0.2) is 11.5 Å². The normalized spacial score (nSPS) is 20.9. The summed E-state index contributed by atoms with van der Waals surface area (Å²) >= 11 is 0. The Hall–Kier alpha value is -3.67. The summed E-state index contributed by atoms with van der Waals surface area (Å²) in [7, 11) is 2.99. The number of rotatable bonds is 4. The van der Waals surface area contributed by atoms with Crippen LogP contribution in [0.4, 0.5) is 0 Å². The molecule has 152 valence electrons. The average Bonchev–Trinajstić information content (AvgIpc) is 3.39. The minimum atomic E-state index is -1.39. The highest BCUT2D eigenvalue weighted by atomic mass is 16.7. The first kappa shape index (κ1) is 18.4. The molecule has 6 nitrogen and oxygen atoms in total. The van der Waals surface area contributed by atoms with Crippen LogP contribution in [0.5, 0.6) is 23.0 Å². The molecule has 2 atom stereocenters. The topological polar surface area (TPSA) is 63.2 Å². The third-order valence-corrected chi connectivity index (χ3v) is 5.63. The van der Waals surface area contributed by atoms with Crippen molar-refractivity contribution < 1.29 is 28.5 Å². The Labute approximate surface area is 173 Å². The predicted molar refractivity (Wildman–Crippen MR) is 108 cm³/mol. The second-order valence-corrected chi connectivity index (χ2v) is 7.14. The van der Waals surface area contributed by atoms with Gasteiger partial charge >= 0.3 is 5.97 Å². The molecule has 0 aliphatic carbocycles. The fourth-order valence-electron chi connectivity index (χ4n) is 4.26. The van der Waals surface area contributed by atoms with Crippen LogP contribution in [0.1, 0.15) is 22.6 Å². The highest BCUT2D eigenvalue weighted by Crippen LogP contribution is 2.57. The predicted octanol–water partition coefficient (Wildman–Crippen LogP) is 4.02. The zero-order chi connectivity index (χ0) is 20.7. The Bertz CT molecular complexity index is 1090. The number of benzene rings is 3. The van der Waals surface area contributed by atoms with Crippen LogP contribution < -0.4 is 18.9 Å². The van der Waals surface area contributed by atoms with Crippen LogP contribution >= 0.6 is 0 Å². The highest BCUT2D eigenvalue weighted by Gasteiger charge is 2.57. The Morgan fingerprint density at radius 1 is 0.933 bits per heavy atom. The number of fused-ring (bicyclic) bond motifs is 2. The minimum absolute atomic E-state index is 0.159. The van der Waals surface area contributed by atoms with Crippen molar-refractivity contribution in [2.75, 3.05) is 21.0 Å². The zero-order valence-corrected chi connectivity index (χ0v) is 16.6. The average molecular weight is 404 g/mol. The summed E-state index contributed by atoms with van der Waals surface area (Å²) in [6, 6.07) is 20.7. The van der Waals surface area contributed by atoms with Crippen molar-refractivity contribution in [3.05, 3.63) is 83.4 Å². The molecular weight excluding hydrogens is 384 g/mol. The number of hydrogen-bond acceptors (Lipinski definition) is 6. The third kappa shape index (κ3) is 2.60. The van der Waals surface area contributed by atoms with Gasteiger partial charge in [0.1, 0.15) is 11.5 Å². The van der Waals surface area contributed by atoms with E-state index in [2.05, 4.69) is 0 Å². The Kier molecular flexibility index (Phi) is 4.28. The molecule has 6 heteroatoms. The molecule has 0 radical (unpaired) electrons. The SMILES string of the molecule is COC(=O)[C@]1(c2ccccc2)Oc2cc3c(cc2[C@H]1c1ccc(OC)cc1)OCO3. The number of hydrogen-bond donors (Lipinski definition) is 0. The molecule has 0 saturated carbocycles. The molecule has 3 aromatic rings. The molecule has 2 aliphatic rings. The Morgan fingerprint density at radius 3 is 2.30 bits per heavy atom. The summed E-state index contributed by atoms with van der Waals surface area (Å²) in [6.45, 7) is 0.159. The van der Waals surface area contributed by atoms with Gasteiger partial charge in [0.2, 0.25) is 12.4 Å². The van der Waals surface area contributed by atoms with E-state index >= 15 is 0 Å². The molecule has 0 fully saturated rings. The van der Waals surface area contributed by atoms with Crippen LogP contribution in [0.25, 0.3) is 0 Å². The molecule has 3 aromatic carbocycles. The van der Waals surface area contributed by atoms with Gasteiger partial charge < -0.3 is 23.7 Å². The standard InChI is InChI=1S/C24H20O6/c1-26-17-10-8-15(9-11-17)22-18-12-20-21(29-14-28-20)13-19(18)30-24(22,23(25)27-2)16-6-4-3-5-7-16/h3-13,22H,14H2,1-2H3/t22-,24-/m1/s1. The van der Waals surface area contributed by atoms with Gasteiger partial charge in [0.25, 0.3) is 0 Å². The maximum Gasteiger partial charge on any atom is 0.356 e. The van der Waals surface area contributed by atoms with Crippen molar-refractivity contribution in [3.8, 4) is 23.0 Å². The van der Waals surface area contributed by atoms with Crippen LogP contribution in [-0.2, 0) is 15.1 Å². The lowest BCUT2D eigenvalue weighted by atomic mass is 9.75. The first-order valence-electron chi connectivity index (χ1n) is 9.58. The third-order valence-electron chi connectivity index (χ3n) is 5.63. The second kappa shape index (κ2) is 6.99. The summed E-state index contributed by atoms with van der Waals surface area (Å²) in [5.74, 6) is 1.58. The highest BCUT2D eigenvalue weighted by molar-refractivity contribution is 5.86. The van der Waals surface area contributed by atoms with Crippen molar-refractivity contribution in [1.29, 1.82) is 0 Å². The summed E-state index contributed by atoms with van der Waals surface area (Å²) < 4.78 is 28.1. The smallest absolute Gasteiger partial charge is 0.356 e. The molecule has 30 heavy (non-hydrogen) atoms. The Balaban J connectivity index is 1.77. The molecule has 0 bridgehead atoms. The molecule has 0 unspecified atom stereocenters. The molecule has 2 heterocycles. The molecular formula is C24H20O6. The maximum absolute atomic E-state index is 13.3. The number of ether oxygens (including phenoxy) is 5. The van der Waals surface area contributed by atoms with E-state index in [-0.39, 0.29) is 6.79 Å². The van der Waals surface area contributed by atoms with E-state index in [1.807, 2.05) is 60.7 Å². The fraction of sp³-hybridized carbons (Fsp3) is 0.208. The number of esters is 1. The number of methoxy groups -OCH3 is 2. The lowest BCUT2D eigenvalue weighted by Crippen LogP contribution is -2.44. The van der Waals surface area contributed by atoms with Crippen LogP contribution in [0.3, 0.4) is 0 Å². The van der Waals surface area contributed by atoms with E-state index in [1.165, 1.54) is 7.11 Å².